The van der Waals surface area contributed by atoms with E-state index in [-0.39, 0.29) is 152 Å². The molecule has 0 atom stereocenters. The van der Waals surface area contributed by atoms with E-state index in [1.165, 1.54) is 109 Å². The van der Waals surface area contributed by atoms with Crippen LogP contribution in [0.5, 0.6) is 80.5 Å². The molecule has 0 heterocycles. The topological polar surface area (TPSA) is 245 Å². The maximum absolute atomic E-state index is 10.7. The molecule has 0 spiro atoms. The number of carboxylic acid groups (broad SMARTS) is 1. The smallest absolute Gasteiger partial charge is 0.339 e. The molecule has 19 nitrogen and oxygen atoms in total. The number of nitrogen functional groups attached to an aromatic ring is 3. The summed E-state index contributed by atoms with van der Waals surface area (Å²) in [5, 5.41) is 9.11. The summed E-state index contributed by atoms with van der Waals surface area (Å²) in [7, 11) is -5.16. The van der Waals surface area contributed by atoms with Gasteiger partial charge in [-0.2, -0.15) is 0 Å². The minimum atomic E-state index is -3.02. The van der Waals surface area contributed by atoms with Crippen molar-refractivity contribution in [3.63, 3.8) is 0 Å². The number of carboxylic acids is 1. The number of methoxy groups -OCH3 is 14. The molecule has 0 aliphatic rings. The van der Waals surface area contributed by atoms with E-state index >= 15 is 0 Å². The summed E-state index contributed by atoms with van der Waals surface area (Å²) in [5.74, 6) is -0.615. The second kappa shape index (κ2) is 51.5. The molecule has 0 aliphatic heterocycles. The maximum atomic E-state index is 10.7. The fraction of sp³-hybridized carbons (Fsp3) is 0.187. The van der Waals surface area contributed by atoms with Gasteiger partial charge in [-0.15, -0.1) is 0 Å². The Morgan fingerprint density at radius 2 is 0.588 bits per heavy atom. The van der Waals surface area contributed by atoms with E-state index in [1.807, 2.05) is 24.3 Å². The van der Waals surface area contributed by atoms with Crippen molar-refractivity contribution in [3.8, 4) is 80.5 Å². The van der Waals surface area contributed by atoms with Gasteiger partial charge in [0, 0.05) is 32.1 Å². The van der Waals surface area contributed by atoms with E-state index < -0.39 is 95.4 Å². The lowest BCUT2D eigenvalue weighted by atomic mass is 10.2. The van der Waals surface area contributed by atoms with Gasteiger partial charge >= 0.3 is 5.97 Å². The molecule has 0 aliphatic carbocycles. The minimum Gasteiger partial charge on any atom is -0.493 e. The summed E-state index contributed by atoms with van der Waals surface area (Å²) < 4.78 is 338. The van der Waals surface area contributed by atoms with E-state index in [0.29, 0.717) is 28.0 Å². The molecule has 10 aromatic carbocycles. The summed E-state index contributed by atoms with van der Waals surface area (Å²) >= 11 is 16.5. The molecule has 0 fully saturated rings. The monoisotopic (exact) mass is 1430 g/mol. The average molecular weight is 1430 g/mol. The molecule has 10 rings (SSSR count). The summed E-state index contributed by atoms with van der Waals surface area (Å²) in [6.45, 7) is 0. The minimum absolute atomic E-state index is 0.0264. The lowest BCUT2D eigenvalue weighted by Crippen LogP contribution is -2.01. The second-order valence-corrected chi connectivity index (χ2v) is 17.2. The van der Waals surface area contributed by atoms with Crippen molar-refractivity contribution in [2.75, 3.05) is 116 Å². The first kappa shape index (κ1) is 40.5. The third kappa shape index (κ3) is 34.2. The Morgan fingerprint density at radius 1 is 0.299 bits per heavy atom. The summed E-state index contributed by atoms with van der Waals surface area (Å²) in [6.07, 6.45) is 0. The van der Waals surface area contributed by atoms with Gasteiger partial charge in [0.1, 0.15) is 5.56 Å². The van der Waals surface area contributed by atoms with Crippen molar-refractivity contribution in [3.05, 3.63) is 257 Å². The standard InChI is InChI=1S/C9H10O4.6C8H10O2.3C6H6ClN/c1-12-7-5-3-4-6(9(10)11)8(7)13-2;6*1-9-7-5-3-4-6-8(7)10-2;3*7-5-1-3-6(8)4-2-5/h3-5H,1-2H3,(H,10,11);6*3-6H,1-2H3;3*1-4H,8H2/i;1D3,2D3,3D,4D,5D,6D;3D,4D,5D,6D;1D3,2D3,3D,4D;3D,4D;1D3,2D3;;1D,2D,3D,4D;3D,4D;1D,2D. The van der Waals surface area contributed by atoms with E-state index in [1.54, 1.807) is 26.4 Å². The number of para-hydroxylation sites is 13. The number of hydrogen-bond acceptors (Lipinski definition) is 18. The largest absolute Gasteiger partial charge is 0.493 e. The molecule has 0 saturated heterocycles. The zero-order chi connectivity index (χ0) is 105. The number of halogens is 3. The van der Waals surface area contributed by atoms with Crippen LogP contribution in [0.15, 0.2) is 236 Å². The molecule has 10 aromatic rings. The van der Waals surface area contributed by atoms with E-state index in [2.05, 4.69) is 28.4 Å². The number of hydrogen-bond donors (Lipinski definition) is 4. The highest BCUT2D eigenvalue weighted by Gasteiger charge is 2.14. The van der Waals surface area contributed by atoms with Crippen molar-refractivity contribution in [1.82, 2.24) is 0 Å². The Bertz CT molecular complexity index is 5190. The van der Waals surface area contributed by atoms with Gasteiger partial charge in [0.2, 0.25) is 0 Å². The van der Waals surface area contributed by atoms with Crippen LogP contribution in [0.4, 0.5) is 17.1 Å². The van der Waals surface area contributed by atoms with Crippen LogP contribution in [0, 0.1) is 0 Å². The first-order valence-electron chi connectivity index (χ1n) is 45.0. The maximum Gasteiger partial charge on any atom is 0.339 e. The normalized spacial score (nSPS) is 15.5. The van der Waals surface area contributed by atoms with E-state index in [0.717, 1.165) is 23.6 Å². The van der Waals surface area contributed by atoms with E-state index in [4.69, 9.17) is 147 Å². The molecule has 0 unspecified atom stereocenters. The molecule has 0 aromatic heterocycles. The molecule has 7 N–H and O–H groups in total. The molecular weight excluding hydrogens is 1310 g/mol. The second-order valence-electron chi connectivity index (χ2n) is 16.0. The van der Waals surface area contributed by atoms with Crippen LogP contribution < -0.4 is 83.5 Å². The number of rotatable bonds is 15. The van der Waals surface area contributed by atoms with Gasteiger partial charge < -0.3 is 88.6 Å². The first-order valence-corrected chi connectivity index (χ1v) is 27.1. The van der Waals surface area contributed by atoms with Crippen molar-refractivity contribution in [2.24, 2.45) is 0 Å². The Labute approximate surface area is 638 Å². The van der Waals surface area contributed by atoms with Gasteiger partial charge in [-0.25, -0.2) is 4.79 Å². The van der Waals surface area contributed by atoms with Crippen LogP contribution in [0.25, 0.3) is 0 Å². The van der Waals surface area contributed by atoms with Crippen LogP contribution in [0.3, 0.4) is 0 Å². The van der Waals surface area contributed by atoms with Crippen molar-refractivity contribution < 1.29 is 128 Å². The number of aromatic carboxylic acids is 1. The molecule has 97 heavy (non-hydrogen) atoms. The Morgan fingerprint density at radius 3 is 0.918 bits per heavy atom. The Hall–Kier alpha value is -10.9. The quantitative estimate of drug-likeness (QED) is 0.0697. The van der Waals surface area contributed by atoms with Gasteiger partial charge in [-0.1, -0.05) is 113 Å². The third-order valence-corrected chi connectivity index (χ3v) is 10.7. The highest BCUT2D eigenvalue weighted by molar-refractivity contribution is 6.31. The number of nitrogens with two attached hydrogens (primary N) is 3. The van der Waals surface area contributed by atoms with Crippen LogP contribution in [-0.4, -0.2) is 110 Å². The average Bonchev–Trinajstić information content (AvgIpc) is 0.786. The predicted octanol–water partition coefficient (Wildman–Crippen LogP) is 17.4. The van der Waals surface area contributed by atoms with E-state index in [9.17, 15) is 4.79 Å². The fourth-order valence-corrected chi connectivity index (χ4v) is 6.04. The summed E-state index contributed by atoms with van der Waals surface area (Å²) in [6, 6.07) is 23.0. The zero-order valence-corrected chi connectivity index (χ0v) is 54.7. The van der Waals surface area contributed by atoms with Crippen LogP contribution >= 0.6 is 34.8 Å². The zero-order valence-electron chi connectivity index (χ0n) is 90.4. The lowest BCUT2D eigenvalue weighted by Gasteiger charge is -2.08. The van der Waals surface area contributed by atoms with Gasteiger partial charge in [0.05, 0.1) is 151 Å². The predicted molar refractivity (Wildman–Crippen MR) is 391 cm³/mol. The van der Waals surface area contributed by atoms with Crippen molar-refractivity contribution in [2.45, 2.75) is 0 Å². The lowest BCUT2D eigenvalue weighted by molar-refractivity contribution is 0.0692. The number of anilines is 3. The van der Waals surface area contributed by atoms with Crippen molar-refractivity contribution in [1.29, 1.82) is 0 Å². The highest BCUT2D eigenvalue weighted by atomic mass is 35.5. The molecule has 22 heteroatoms. The fourth-order valence-electron chi connectivity index (χ4n) is 5.72. The van der Waals surface area contributed by atoms with Crippen LogP contribution in [-0.2, 0) is 0 Å². The first-order chi connectivity index (χ1) is 62.0. The van der Waals surface area contributed by atoms with Gasteiger partial charge in [0.25, 0.3) is 0 Å². The molecular formula is C75H88Cl3N3O16. The summed E-state index contributed by atoms with van der Waals surface area (Å²) in [4.78, 5) is 10.7. The molecule has 0 radical (unpaired) electrons. The van der Waals surface area contributed by atoms with Crippen LogP contribution in [0.2, 0.25) is 15.1 Å². The third-order valence-electron chi connectivity index (χ3n) is 10.0. The Balaban J connectivity index is 0.000000756. The molecule has 0 bridgehead atoms. The van der Waals surface area contributed by atoms with Gasteiger partial charge in [0.15, 0.2) is 80.5 Å². The molecule has 520 valence electrons. The Kier molecular flexibility index (Phi) is 21.5. The highest BCUT2D eigenvalue weighted by Crippen LogP contribution is 2.32. The van der Waals surface area contributed by atoms with Crippen LogP contribution in [0.1, 0.15) is 62.4 Å². The molecule has 0 saturated carbocycles. The van der Waals surface area contributed by atoms with Gasteiger partial charge in [-0.05, 0) is 157 Å². The summed E-state index contributed by atoms with van der Waals surface area (Å²) in [5.41, 5.74) is 16.4. The number of benzene rings is 10. The van der Waals surface area contributed by atoms with Gasteiger partial charge in [-0.3, -0.25) is 0 Å². The SMILES string of the molecule is COc1cccc(C(=O)O)c1OC.COc1ccccc1OC.[2H]C([2H])([2H])Oc1ccccc1OC([2H])([2H])[2H].[2H]c1c([2H])c(Cl)c([2H])c([2H])c1N.[2H]c1c([2H])c([2H])c(OC([2H])([2H])[2H])c(OC([2H])([2H])[2H])c1[2H].[2H]c1c([2H])c([2H])c(OC)c(OC)c1[2H].[2H]c1cc(Cl)cc([2H])c1N.[2H]c1cc(N)cc([2H])c1Cl.[2H]c1cc(OC([2H])([2H])[2H])c(OC([2H])([2H])[2H])cc1[2H].[2H]c1cc(OC)c(OC)cc1[2H]. The number of ether oxygens (including phenoxy) is 14. The molecule has 0 amide bonds. The van der Waals surface area contributed by atoms with Crippen molar-refractivity contribution >= 4 is 57.8 Å². The number of carbonyl (C=O) groups is 1.